The highest BCUT2D eigenvalue weighted by atomic mass is 16.3. The second kappa shape index (κ2) is 124. The first-order valence-corrected chi connectivity index (χ1v) is 16.3. The SMILES string of the molecule is C.C.C.C.C.C.C.C.C.C.C.C.C.C.C.C.C#CC.C#CC.C#CC(=O)NC(O)C=O.CCC(C)CCC(C)CCC(CC)C(N)=O.CCCCCCC(CC)C(N)=O.O=CC=O. The van der Waals surface area contributed by atoms with Crippen LogP contribution in [0.4, 0.5) is 0 Å². The molecule has 6 N–H and O–H groups in total. The summed E-state index contributed by atoms with van der Waals surface area (Å²) < 4.78 is 0. The quantitative estimate of drug-likeness (QED) is 0.0326. The normalized spacial score (nSPS) is 8.86. The topological polar surface area (TPSA) is 187 Å². The molecule has 0 aliphatic carbocycles. The molecule has 3 amide bonds. The molecular formula is C53H129N3O7. The first-order valence-electron chi connectivity index (χ1n) is 16.3. The highest BCUT2D eigenvalue weighted by Crippen LogP contribution is 2.21. The Kier molecular flexibility index (Phi) is 285. The molecule has 0 spiro atoms. The summed E-state index contributed by atoms with van der Waals surface area (Å²) in [6.07, 6.45) is 26.5. The van der Waals surface area contributed by atoms with E-state index in [2.05, 4.69) is 58.8 Å². The average molecular weight is 921 g/mol. The van der Waals surface area contributed by atoms with Gasteiger partial charge in [0, 0.05) is 11.8 Å². The number of carbonyl (C=O) groups is 6. The molecule has 0 fully saturated rings. The Morgan fingerprint density at radius 1 is 0.540 bits per heavy atom. The van der Waals surface area contributed by atoms with Crippen molar-refractivity contribution in [3.63, 3.8) is 0 Å². The van der Waals surface area contributed by atoms with Gasteiger partial charge in [0.15, 0.2) is 25.1 Å². The zero-order chi connectivity index (χ0) is 38.1. The zero-order valence-corrected chi connectivity index (χ0v) is 30.4. The van der Waals surface area contributed by atoms with Gasteiger partial charge in [0.1, 0.15) is 0 Å². The molecule has 0 rings (SSSR count). The second-order valence-electron chi connectivity index (χ2n) is 10.7. The number of primary amides is 2. The average Bonchev–Trinajstić information content (AvgIpc) is 3.04. The van der Waals surface area contributed by atoms with Gasteiger partial charge in [-0.1, -0.05) is 205 Å². The van der Waals surface area contributed by atoms with E-state index in [1.54, 1.807) is 25.1 Å². The van der Waals surface area contributed by atoms with Gasteiger partial charge in [-0.3, -0.25) is 28.8 Å². The van der Waals surface area contributed by atoms with Crippen molar-refractivity contribution in [2.75, 3.05) is 0 Å². The Labute approximate surface area is 404 Å². The summed E-state index contributed by atoms with van der Waals surface area (Å²) in [5.41, 5.74) is 10.6. The van der Waals surface area contributed by atoms with Crippen LogP contribution in [0.25, 0.3) is 0 Å². The molecule has 0 aliphatic heterocycles. The first kappa shape index (κ1) is 145. The van der Waals surface area contributed by atoms with Crippen molar-refractivity contribution in [1.82, 2.24) is 5.32 Å². The molecule has 0 aliphatic rings. The van der Waals surface area contributed by atoms with Crippen molar-refractivity contribution in [1.29, 1.82) is 0 Å². The van der Waals surface area contributed by atoms with Crippen LogP contribution < -0.4 is 16.8 Å². The lowest BCUT2D eigenvalue weighted by Gasteiger charge is -2.16. The van der Waals surface area contributed by atoms with Crippen LogP contribution in [0.1, 0.15) is 251 Å². The Morgan fingerprint density at radius 2 is 0.841 bits per heavy atom. The van der Waals surface area contributed by atoms with Gasteiger partial charge >= 0.3 is 0 Å². The van der Waals surface area contributed by atoms with E-state index < -0.39 is 12.1 Å². The third kappa shape index (κ3) is 148. The smallest absolute Gasteiger partial charge is 0.297 e. The molecule has 0 saturated heterocycles. The maximum Gasteiger partial charge on any atom is 0.297 e. The third-order valence-corrected chi connectivity index (χ3v) is 6.65. The van der Waals surface area contributed by atoms with Crippen LogP contribution in [0.2, 0.25) is 0 Å². The number of unbranched alkanes of at least 4 members (excludes halogenated alkanes) is 3. The summed E-state index contributed by atoms with van der Waals surface area (Å²) in [4.78, 5) is 59.2. The largest absolute Gasteiger partial charge is 0.369 e. The maximum absolute atomic E-state index is 11.1. The van der Waals surface area contributed by atoms with E-state index in [1.165, 1.54) is 38.5 Å². The number of amides is 3. The zero-order valence-electron chi connectivity index (χ0n) is 30.4. The third-order valence-electron chi connectivity index (χ3n) is 6.65. The fourth-order valence-electron chi connectivity index (χ4n) is 3.53. The first-order chi connectivity index (χ1) is 22.2. The molecule has 63 heavy (non-hydrogen) atoms. The molecule has 0 bridgehead atoms. The van der Waals surface area contributed by atoms with Gasteiger partial charge in [0.05, 0.1) is 0 Å². The molecule has 10 heteroatoms. The van der Waals surface area contributed by atoms with E-state index in [0.29, 0.717) is 0 Å². The van der Waals surface area contributed by atoms with E-state index in [1.807, 2.05) is 13.8 Å². The minimum atomic E-state index is -1.49. The lowest BCUT2D eigenvalue weighted by molar-refractivity contribution is -0.125. The van der Waals surface area contributed by atoms with Crippen molar-refractivity contribution < 1.29 is 33.9 Å². The summed E-state index contributed by atoms with van der Waals surface area (Å²) in [5.74, 6) is 6.85. The van der Waals surface area contributed by atoms with Gasteiger partial charge in [0.2, 0.25) is 11.8 Å². The highest BCUT2D eigenvalue weighted by Gasteiger charge is 2.14. The molecule has 0 aromatic rings. The Bertz CT molecular complexity index is 888. The molecule has 5 unspecified atom stereocenters. The van der Waals surface area contributed by atoms with Crippen molar-refractivity contribution in [2.45, 2.75) is 257 Å². The van der Waals surface area contributed by atoms with Crippen LogP contribution in [0.15, 0.2) is 0 Å². The molecular weight excluding hydrogens is 791 g/mol. The molecule has 10 nitrogen and oxygen atoms in total. The van der Waals surface area contributed by atoms with E-state index in [0.717, 1.165) is 50.4 Å². The van der Waals surface area contributed by atoms with Gasteiger partial charge in [-0.05, 0) is 63.7 Å². The van der Waals surface area contributed by atoms with Crippen molar-refractivity contribution in [2.24, 2.45) is 35.1 Å². The monoisotopic (exact) mass is 920 g/mol. The maximum atomic E-state index is 11.1. The van der Waals surface area contributed by atoms with Crippen LogP contribution >= 0.6 is 0 Å². The van der Waals surface area contributed by atoms with Crippen LogP contribution in [-0.4, -0.2) is 47.9 Å². The fraction of sp³-hybridized carbons (Fsp3) is 0.774. The lowest BCUT2D eigenvalue weighted by atomic mass is 9.89. The highest BCUT2D eigenvalue weighted by molar-refractivity contribution is 6.09. The molecule has 0 saturated carbocycles. The number of terminal acetylenes is 3. The van der Waals surface area contributed by atoms with Crippen LogP contribution in [0.5, 0.6) is 0 Å². The van der Waals surface area contributed by atoms with E-state index in [4.69, 9.17) is 26.2 Å². The number of aliphatic hydroxyl groups is 1. The predicted molar refractivity (Wildman–Crippen MR) is 300 cm³/mol. The number of hydrogen-bond donors (Lipinski definition) is 4. The van der Waals surface area contributed by atoms with Crippen LogP contribution in [0, 0.1) is 60.7 Å². The minimum absolute atomic E-state index is 0. The van der Waals surface area contributed by atoms with Gasteiger partial charge in [0.25, 0.3) is 5.91 Å². The molecule has 0 aromatic carbocycles. The number of nitrogens with two attached hydrogens (primary N) is 2. The van der Waals surface area contributed by atoms with E-state index in [9.17, 15) is 19.2 Å². The summed E-state index contributed by atoms with van der Waals surface area (Å²) in [6, 6.07) is 0. The van der Waals surface area contributed by atoms with Crippen molar-refractivity contribution in [3.05, 3.63) is 0 Å². The van der Waals surface area contributed by atoms with Crippen molar-refractivity contribution >= 4 is 36.6 Å². The predicted octanol–water partition coefficient (Wildman–Crippen LogP) is 15.3. The van der Waals surface area contributed by atoms with Crippen LogP contribution in [0.3, 0.4) is 0 Å². The number of rotatable bonds is 19. The van der Waals surface area contributed by atoms with Crippen molar-refractivity contribution in [3.8, 4) is 37.0 Å². The Balaban J connectivity index is -0.0000000164. The molecule has 398 valence electrons. The summed E-state index contributed by atoms with van der Waals surface area (Å²) in [7, 11) is 0. The Hall–Kier alpha value is -3.94. The summed E-state index contributed by atoms with van der Waals surface area (Å²) in [6.45, 7) is 16.4. The molecule has 0 aromatic heterocycles. The lowest BCUT2D eigenvalue weighted by Crippen LogP contribution is -2.34. The number of aldehydes is 3. The number of hydrogen-bond acceptors (Lipinski definition) is 7. The van der Waals surface area contributed by atoms with Gasteiger partial charge < -0.3 is 21.9 Å². The minimum Gasteiger partial charge on any atom is -0.369 e. The molecule has 0 radical (unpaired) electrons. The standard InChI is InChI=1S/C14H29NO.C10H21NO.C5H5NO3.2C3H4.C2H2O2.16CH4/c1-5-11(3)7-8-12(4)9-10-13(6-2)14(15)16;1-3-5-6-7-8-9(4-2)10(11)12;1-2-4(8)6-5(9)3-7;2*1-3-2;3-1-2-4;;;;;;;;;;;;;;;;/h11-13H,5-10H2,1-4H3,(H2,15,16);9H,3-8H2,1-2H3,(H2,11,12);1,3,5,9H,(H,6,8);2*1H,2H3;1-2H;16*1H4. The Morgan fingerprint density at radius 3 is 1.08 bits per heavy atom. The summed E-state index contributed by atoms with van der Waals surface area (Å²) >= 11 is 0. The van der Waals surface area contributed by atoms with Gasteiger partial charge in [-0.25, -0.2) is 0 Å². The fourth-order valence-corrected chi connectivity index (χ4v) is 3.53. The molecule has 0 heterocycles. The number of carbonyl (C=O) groups excluding carboxylic acids is 6. The van der Waals surface area contributed by atoms with Gasteiger partial charge in [-0.2, -0.15) is 0 Å². The van der Waals surface area contributed by atoms with E-state index >= 15 is 0 Å². The number of nitrogens with one attached hydrogen (secondary N) is 1. The second-order valence-corrected chi connectivity index (χ2v) is 10.7. The van der Waals surface area contributed by atoms with Gasteiger partial charge in [-0.15, -0.1) is 31.1 Å². The number of aliphatic hydroxyl groups excluding tert-OH is 1. The molecule has 5 atom stereocenters. The summed E-state index contributed by atoms with van der Waals surface area (Å²) in [5, 5.41) is 10.2. The van der Waals surface area contributed by atoms with Crippen LogP contribution in [-0.2, 0) is 28.8 Å². The van der Waals surface area contributed by atoms with E-state index in [-0.39, 0.29) is 161 Å².